The smallest absolute Gasteiger partial charge is 0.0961 e. The molecule has 0 aliphatic heterocycles. The second-order valence-electron chi connectivity index (χ2n) is 5.77. The fourth-order valence-corrected chi connectivity index (χ4v) is 3.53. The van der Waals surface area contributed by atoms with Crippen LogP contribution in [0, 0.1) is 5.92 Å². The van der Waals surface area contributed by atoms with E-state index in [1.54, 1.807) is 0 Å². The zero-order valence-corrected chi connectivity index (χ0v) is 11.5. The highest BCUT2D eigenvalue weighted by atomic mass is 16.5. The molecule has 1 aromatic rings. The first-order valence-electron chi connectivity index (χ1n) is 7.35. The van der Waals surface area contributed by atoms with E-state index in [4.69, 9.17) is 4.74 Å². The SMILES string of the molecule is C=C1C=CC[C@H]2CCCC[C@]12OCc1ccccc1. The third-order valence-electron chi connectivity index (χ3n) is 4.63. The summed E-state index contributed by atoms with van der Waals surface area (Å²) in [5, 5.41) is 0. The second kappa shape index (κ2) is 5.34. The Morgan fingerprint density at radius 2 is 2.05 bits per heavy atom. The topological polar surface area (TPSA) is 9.23 Å². The van der Waals surface area contributed by atoms with Gasteiger partial charge in [-0.25, -0.2) is 0 Å². The molecule has 1 saturated carbocycles. The van der Waals surface area contributed by atoms with Crippen LogP contribution in [0.2, 0.25) is 0 Å². The molecule has 1 heteroatoms. The fraction of sp³-hybridized carbons (Fsp3) is 0.444. The maximum atomic E-state index is 6.42. The molecular formula is C18H22O. The molecule has 0 heterocycles. The van der Waals surface area contributed by atoms with Gasteiger partial charge in [0.1, 0.15) is 0 Å². The highest BCUT2D eigenvalue weighted by molar-refractivity contribution is 5.32. The quantitative estimate of drug-likeness (QED) is 0.763. The van der Waals surface area contributed by atoms with Crippen LogP contribution < -0.4 is 0 Å². The van der Waals surface area contributed by atoms with Gasteiger partial charge in [0.2, 0.25) is 0 Å². The Labute approximate surface area is 116 Å². The van der Waals surface area contributed by atoms with Crippen LogP contribution in [0.4, 0.5) is 0 Å². The van der Waals surface area contributed by atoms with Gasteiger partial charge in [0.05, 0.1) is 12.2 Å². The van der Waals surface area contributed by atoms with Gasteiger partial charge in [0, 0.05) is 0 Å². The monoisotopic (exact) mass is 254 g/mol. The van der Waals surface area contributed by atoms with E-state index in [1.165, 1.54) is 30.4 Å². The molecule has 0 bridgehead atoms. The van der Waals surface area contributed by atoms with Crippen LogP contribution in [0.25, 0.3) is 0 Å². The van der Waals surface area contributed by atoms with Crippen molar-refractivity contribution < 1.29 is 4.74 Å². The van der Waals surface area contributed by atoms with E-state index in [-0.39, 0.29) is 5.60 Å². The summed E-state index contributed by atoms with van der Waals surface area (Å²) < 4.78 is 6.42. The minimum atomic E-state index is -0.0944. The minimum Gasteiger partial charge on any atom is -0.365 e. The minimum absolute atomic E-state index is 0.0944. The van der Waals surface area contributed by atoms with Crippen LogP contribution in [0.3, 0.4) is 0 Å². The van der Waals surface area contributed by atoms with Crippen molar-refractivity contribution in [2.75, 3.05) is 0 Å². The van der Waals surface area contributed by atoms with Gasteiger partial charge in [-0.15, -0.1) is 0 Å². The summed E-state index contributed by atoms with van der Waals surface area (Å²) in [4.78, 5) is 0. The van der Waals surface area contributed by atoms with E-state index in [0.717, 1.165) is 12.8 Å². The van der Waals surface area contributed by atoms with E-state index in [9.17, 15) is 0 Å². The van der Waals surface area contributed by atoms with Crippen molar-refractivity contribution >= 4 is 0 Å². The number of benzene rings is 1. The maximum absolute atomic E-state index is 6.42. The Morgan fingerprint density at radius 1 is 1.21 bits per heavy atom. The number of allylic oxidation sites excluding steroid dienone is 1. The van der Waals surface area contributed by atoms with Crippen molar-refractivity contribution in [3.05, 3.63) is 60.2 Å². The lowest BCUT2D eigenvalue weighted by Gasteiger charge is -2.46. The Balaban J connectivity index is 1.79. The molecular weight excluding hydrogens is 232 g/mol. The number of hydrogen-bond donors (Lipinski definition) is 0. The van der Waals surface area contributed by atoms with Crippen molar-refractivity contribution in [3.8, 4) is 0 Å². The van der Waals surface area contributed by atoms with Crippen molar-refractivity contribution in [2.45, 2.75) is 44.3 Å². The van der Waals surface area contributed by atoms with E-state index in [2.05, 4.69) is 43.0 Å². The lowest BCUT2D eigenvalue weighted by atomic mass is 9.67. The highest BCUT2D eigenvalue weighted by Crippen LogP contribution is 2.46. The number of hydrogen-bond acceptors (Lipinski definition) is 1. The lowest BCUT2D eigenvalue weighted by molar-refractivity contribution is -0.0898. The zero-order chi connectivity index (χ0) is 13.1. The zero-order valence-electron chi connectivity index (χ0n) is 11.5. The maximum Gasteiger partial charge on any atom is 0.0961 e. The van der Waals surface area contributed by atoms with Gasteiger partial charge >= 0.3 is 0 Å². The average Bonchev–Trinajstić information content (AvgIpc) is 2.47. The van der Waals surface area contributed by atoms with Gasteiger partial charge in [0.25, 0.3) is 0 Å². The Morgan fingerprint density at radius 3 is 2.89 bits per heavy atom. The standard InChI is InChI=1S/C18H22O/c1-15-8-7-12-17-11-5-6-13-18(15,17)19-14-16-9-3-2-4-10-16/h2-4,7-10,17H,1,5-6,11-14H2/t17-,18+/m1/s1. The second-order valence-corrected chi connectivity index (χ2v) is 5.77. The molecule has 0 amide bonds. The molecule has 19 heavy (non-hydrogen) atoms. The summed E-state index contributed by atoms with van der Waals surface area (Å²) in [7, 11) is 0. The van der Waals surface area contributed by atoms with E-state index < -0.39 is 0 Å². The summed E-state index contributed by atoms with van der Waals surface area (Å²) in [6.07, 6.45) is 10.6. The van der Waals surface area contributed by atoms with Crippen molar-refractivity contribution in [1.29, 1.82) is 0 Å². The van der Waals surface area contributed by atoms with Gasteiger partial charge in [-0.2, -0.15) is 0 Å². The molecule has 3 rings (SSSR count). The largest absolute Gasteiger partial charge is 0.365 e. The van der Waals surface area contributed by atoms with Gasteiger partial charge in [-0.1, -0.05) is 61.9 Å². The molecule has 0 aromatic heterocycles. The summed E-state index contributed by atoms with van der Waals surface area (Å²) in [6, 6.07) is 10.5. The molecule has 100 valence electrons. The van der Waals surface area contributed by atoms with Crippen LogP contribution in [0.5, 0.6) is 0 Å². The first-order chi connectivity index (χ1) is 9.31. The van der Waals surface area contributed by atoms with Crippen molar-refractivity contribution in [1.82, 2.24) is 0 Å². The van der Waals surface area contributed by atoms with Crippen LogP contribution >= 0.6 is 0 Å². The molecule has 0 unspecified atom stereocenters. The van der Waals surface area contributed by atoms with Crippen molar-refractivity contribution in [2.24, 2.45) is 5.92 Å². The number of ether oxygens (including phenoxy) is 1. The number of rotatable bonds is 3. The number of fused-ring (bicyclic) bond motifs is 1. The van der Waals surface area contributed by atoms with E-state index in [0.29, 0.717) is 12.5 Å². The Hall–Kier alpha value is -1.34. The molecule has 1 nitrogen and oxygen atoms in total. The average molecular weight is 254 g/mol. The molecule has 0 N–H and O–H groups in total. The molecule has 1 aromatic carbocycles. The lowest BCUT2D eigenvalue weighted by Crippen LogP contribution is -2.45. The van der Waals surface area contributed by atoms with E-state index in [1.807, 2.05) is 6.07 Å². The van der Waals surface area contributed by atoms with Crippen LogP contribution in [-0.4, -0.2) is 5.60 Å². The summed E-state index contributed by atoms with van der Waals surface area (Å²) >= 11 is 0. The third kappa shape index (κ3) is 2.40. The predicted octanol–water partition coefficient (Wildman–Crippen LogP) is 4.65. The van der Waals surface area contributed by atoms with Crippen LogP contribution in [-0.2, 0) is 11.3 Å². The highest BCUT2D eigenvalue weighted by Gasteiger charge is 2.44. The molecule has 0 spiro atoms. The molecule has 2 atom stereocenters. The van der Waals surface area contributed by atoms with E-state index >= 15 is 0 Å². The third-order valence-corrected chi connectivity index (χ3v) is 4.63. The summed E-state index contributed by atoms with van der Waals surface area (Å²) in [5.41, 5.74) is 2.34. The summed E-state index contributed by atoms with van der Waals surface area (Å²) in [5.74, 6) is 0.627. The normalized spacial score (nSPS) is 30.1. The fourth-order valence-electron chi connectivity index (χ4n) is 3.53. The first kappa shape index (κ1) is 12.7. The van der Waals surface area contributed by atoms with Crippen molar-refractivity contribution in [3.63, 3.8) is 0 Å². The van der Waals surface area contributed by atoms with Gasteiger partial charge < -0.3 is 4.74 Å². The van der Waals surface area contributed by atoms with Gasteiger partial charge in [-0.05, 0) is 36.3 Å². The predicted molar refractivity (Wildman–Crippen MR) is 78.8 cm³/mol. The van der Waals surface area contributed by atoms with Crippen LogP contribution in [0.15, 0.2) is 54.6 Å². The molecule has 1 fully saturated rings. The van der Waals surface area contributed by atoms with Crippen LogP contribution in [0.1, 0.15) is 37.7 Å². The Kier molecular flexibility index (Phi) is 3.56. The molecule has 2 aliphatic rings. The molecule has 2 aliphatic carbocycles. The molecule has 0 saturated heterocycles. The van der Waals surface area contributed by atoms with Gasteiger partial charge in [-0.3, -0.25) is 0 Å². The van der Waals surface area contributed by atoms with Gasteiger partial charge in [0.15, 0.2) is 0 Å². The molecule has 0 radical (unpaired) electrons. The Bertz CT molecular complexity index is 474. The summed E-state index contributed by atoms with van der Waals surface area (Å²) in [6.45, 7) is 4.97. The first-order valence-corrected chi connectivity index (χ1v) is 7.35.